The molecule has 0 unspecified atom stereocenters. The van der Waals surface area contributed by atoms with Crippen LogP contribution in [0.5, 0.6) is 17.2 Å². The number of rotatable bonds is 6. The zero-order valence-corrected chi connectivity index (χ0v) is 17.6. The van der Waals surface area contributed by atoms with E-state index in [1.54, 1.807) is 18.2 Å². The summed E-state index contributed by atoms with van der Waals surface area (Å²) in [5.74, 6) is -2.74. The molecule has 9 heteroatoms. The first-order valence-electron chi connectivity index (χ1n) is 9.36. The molecule has 3 aromatic carbocycles. The van der Waals surface area contributed by atoms with Crippen LogP contribution in [0.2, 0.25) is 0 Å². The number of aromatic hydroxyl groups is 3. The van der Waals surface area contributed by atoms with E-state index in [0.717, 1.165) is 17.7 Å². The van der Waals surface area contributed by atoms with Crippen molar-refractivity contribution in [2.75, 3.05) is 10.0 Å². The third-order valence-corrected chi connectivity index (χ3v) is 5.96. The summed E-state index contributed by atoms with van der Waals surface area (Å²) in [7, 11) is -3.92. The summed E-state index contributed by atoms with van der Waals surface area (Å²) >= 11 is 0. The Kier molecular flexibility index (Phi) is 6.07. The van der Waals surface area contributed by atoms with Crippen LogP contribution in [-0.4, -0.2) is 29.6 Å². The molecule has 3 aromatic rings. The Bertz CT molecular complexity index is 1240. The molecule has 0 spiro atoms. The van der Waals surface area contributed by atoms with Crippen molar-refractivity contribution in [3.05, 3.63) is 71.8 Å². The van der Waals surface area contributed by atoms with Gasteiger partial charge in [-0.05, 0) is 53.9 Å². The molecular weight excluding hydrogens is 420 g/mol. The van der Waals surface area contributed by atoms with E-state index >= 15 is 0 Å². The molecule has 0 aliphatic rings. The average molecular weight is 442 g/mol. The number of hydrogen-bond donors (Lipinski definition) is 5. The molecule has 31 heavy (non-hydrogen) atoms. The average Bonchev–Trinajstić information content (AvgIpc) is 2.72. The van der Waals surface area contributed by atoms with Gasteiger partial charge in [-0.15, -0.1) is 0 Å². The number of carbonyl (C=O) groups is 1. The minimum Gasteiger partial charge on any atom is -0.504 e. The summed E-state index contributed by atoms with van der Waals surface area (Å²) in [5.41, 5.74) is 1.28. The topological polar surface area (TPSA) is 136 Å². The lowest BCUT2D eigenvalue weighted by Gasteiger charge is -2.13. The molecule has 0 atom stereocenters. The minimum atomic E-state index is -3.92. The molecule has 0 heterocycles. The molecule has 0 saturated carbocycles. The van der Waals surface area contributed by atoms with Gasteiger partial charge in [-0.1, -0.05) is 32.0 Å². The molecule has 8 nitrogen and oxygen atoms in total. The zero-order chi connectivity index (χ0) is 22.8. The van der Waals surface area contributed by atoms with Crippen molar-refractivity contribution >= 4 is 27.3 Å². The van der Waals surface area contributed by atoms with E-state index in [0.29, 0.717) is 5.69 Å². The number of sulfonamides is 1. The third kappa shape index (κ3) is 4.89. The van der Waals surface area contributed by atoms with Gasteiger partial charge < -0.3 is 20.6 Å². The molecule has 0 bridgehead atoms. The molecule has 1 amide bonds. The molecular formula is C22H22N2O6S. The Labute approximate surface area is 179 Å². The summed E-state index contributed by atoms with van der Waals surface area (Å²) in [5, 5.41) is 31.3. The minimum absolute atomic E-state index is 0.0713. The predicted octanol–water partition coefficient (Wildman–Crippen LogP) is 3.98. The van der Waals surface area contributed by atoms with Crippen molar-refractivity contribution in [3.8, 4) is 17.2 Å². The highest BCUT2D eigenvalue weighted by molar-refractivity contribution is 7.92. The normalized spacial score (nSPS) is 11.3. The molecule has 5 N–H and O–H groups in total. The largest absolute Gasteiger partial charge is 0.504 e. The van der Waals surface area contributed by atoms with Crippen molar-refractivity contribution in [2.24, 2.45) is 0 Å². The smallest absolute Gasteiger partial charge is 0.261 e. The van der Waals surface area contributed by atoms with Crippen LogP contribution >= 0.6 is 0 Å². The van der Waals surface area contributed by atoms with E-state index in [1.807, 2.05) is 19.9 Å². The lowest BCUT2D eigenvalue weighted by atomic mass is 10.0. The van der Waals surface area contributed by atoms with E-state index in [1.165, 1.54) is 24.3 Å². The highest BCUT2D eigenvalue weighted by Gasteiger charge is 2.19. The Morgan fingerprint density at radius 3 is 2.26 bits per heavy atom. The molecule has 0 saturated heterocycles. The first-order chi connectivity index (χ1) is 14.6. The molecule has 0 aliphatic carbocycles. The first kappa shape index (κ1) is 22.0. The monoisotopic (exact) mass is 442 g/mol. The van der Waals surface area contributed by atoms with Gasteiger partial charge in [-0.2, -0.15) is 0 Å². The lowest BCUT2D eigenvalue weighted by Crippen LogP contribution is -2.15. The van der Waals surface area contributed by atoms with Gasteiger partial charge in [0.15, 0.2) is 11.5 Å². The van der Waals surface area contributed by atoms with Gasteiger partial charge in [0, 0.05) is 11.4 Å². The third-order valence-electron chi connectivity index (χ3n) is 4.58. The SMILES string of the molecule is CC(C)c1cccc(NS(=O)(=O)c2cccc(NC(=O)c3ccc(O)c(O)c3O)c2)c1. The van der Waals surface area contributed by atoms with Crippen LogP contribution in [-0.2, 0) is 10.0 Å². The second-order valence-electron chi connectivity index (χ2n) is 7.20. The van der Waals surface area contributed by atoms with Crippen LogP contribution < -0.4 is 10.0 Å². The first-order valence-corrected chi connectivity index (χ1v) is 10.8. The number of phenolic OH excluding ortho intramolecular Hbond substituents is 3. The van der Waals surface area contributed by atoms with Gasteiger partial charge in [0.2, 0.25) is 5.75 Å². The Balaban J connectivity index is 1.83. The number of hydrogen-bond acceptors (Lipinski definition) is 6. The summed E-state index contributed by atoms with van der Waals surface area (Å²) in [6.07, 6.45) is 0. The van der Waals surface area contributed by atoms with Crippen LogP contribution in [0.1, 0.15) is 35.7 Å². The second kappa shape index (κ2) is 8.57. The van der Waals surface area contributed by atoms with Crippen molar-refractivity contribution in [2.45, 2.75) is 24.7 Å². The number of phenols is 3. The number of benzene rings is 3. The van der Waals surface area contributed by atoms with E-state index in [2.05, 4.69) is 10.0 Å². The van der Waals surface area contributed by atoms with Gasteiger partial charge >= 0.3 is 0 Å². The van der Waals surface area contributed by atoms with E-state index in [9.17, 15) is 28.5 Å². The molecule has 0 aromatic heterocycles. The Morgan fingerprint density at radius 2 is 1.55 bits per heavy atom. The molecule has 0 fully saturated rings. The fourth-order valence-corrected chi connectivity index (χ4v) is 3.96. The van der Waals surface area contributed by atoms with Crippen LogP contribution in [0.25, 0.3) is 0 Å². The summed E-state index contributed by atoms with van der Waals surface area (Å²) < 4.78 is 28.1. The van der Waals surface area contributed by atoms with Crippen molar-refractivity contribution in [1.82, 2.24) is 0 Å². The van der Waals surface area contributed by atoms with Gasteiger partial charge in [0.05, 0.1) is 10.5 Å². The van der Waals surface area contributed by atoms with Crippen LogP contribution in [0, 0.1) is 0 Å². The zero-order valence-electron chi connectivity index (χ0n) is 16.8. The number of amides is 1. The van der Waals surface area contributed by atoms with E-state index in [4.69, 9.17) is 0 Å². The van der Waals surface area contributed by atoms with Crippen LogP contribution in [0.4, 0.5) is 11.4 Å². The fourth-order valence-electron chi connectivity index (χ4n) is 2.87. The van der Waals surface area contributed by atoms with E-state index in [-0.39, 0.29) is 22.1 Å². The van der Waals surface area contributed by atoms with Crippen molar-refractivity contribution in [1.29, 1.82) is 0 Å². The fraction of sp³-hybridized carbons (Fsp3) is 0.136. The van der Waals surface area contributed by atoms with Crippen molar-refractivity contribution in [3.63, 3.8) is 0 Å². The van der Waals surface area contributed by atoms with Crippen LogP contribution in [0.15, 0.2) is 65.6 Å². The summed E-state index contributed by atoms with van der Waals surface area (Å²) in [4.78, 5) is 12.4. The molecule has 0 radical (unpaired) electrons. The van der Waals surface area contributed by atoms with Crippen molar-refractivity contribution < 1.29 is 28.5 Å². The van der Waals surface area contributed by atoms with Gasteiger partial charge in [0.1, 0.15) is 0 Å². The highest BCUT2D eigenvalue weighted by atomic mass is 32.2. The quantitative estimate of drug-likeness (QED) is 0.366. The van der Waals surface area contributed by atoms with Gasteiger partial charge in [0.25, 0.3) is 15.9 Å². The summed E-state index contributed by atoms with van der Waals surface area (Å²) in [6.45, 7) is 4.01. The predicted molar refractivity (Wildman–Crippen MR) is 117 cm³/mol. The molecule has 0 aliphatic heterocycles. The number of carbonyl (C=O) groups excluding carboxylic acids is 1. The molecule has 3 rings (SSSR count). The summed E-state index contributed by atoms with van der Waals surface area (Å²) in [6, 6.07) is 14.9. The Morgan fingerprint density at radius 1 is 0.871 bits per heavy atom. The second-order valence-corrected chi connectivity index (χ2v) is 8.88. The van der Waals surface area contributed by atoms with Crippen LogP contribution in [0.3, 0.4) is 0 Å². The van der Waals surface area contributed by atoms with E-state index < -0.39 is 33.2 Å². The number of anilines is 2. The number of nitrogens with one attached hydrogen (secondary N) is 2. The highest BCUT2D eigenvalue weighted by Crippen LogP contribution is 2.37. The molecule has 162 valence electrons. The maximum atomic E-state index is 12.8. The standard InChI is InChI=1S/C22H22N2O6S/c1-13(2)14-5-3-7-16(11-14)24-31(29,30)17-8-4-6-15(12-17)23-22(28)18-9-10-19(25)21(27)20(18)26/h3-13,24-27H,1-2H3,(H,23,28). The maximum absolute atomic E-state index is 12.8. The Hall–Kier alpha value is -3.72. The lowest BCUT2D eigenvalue weighted by molar-refractivity contribution is 0.102. The van der Waals surface area contributed by atoms with Gasteiger partial charge in [-0.3, -0.25) is 9.52 Å². The maximum Gasteiger partial charge on any atom is 0.261 e. The van der Waals surface area contributed by atoms with Gasteiger partial charge in [-0.25, -0.2) is 8.42 Å².